The van der Waals surface area contributed by atoms with Gasteiger partial charge in [-0.25, -0.2) is 14.2 Å². The maximum atomic E-state index is 13.6. The predicted octanol–water partition coefficient (Wildman–Crippen LogP) is 3.32. The smallest absolute Gasteiger partial charge is 0.322 e. The molecule has 0 radical (unpaired) electrons. The van der Waals surface area contributed by atoms with Crippen molar-refractivity contribution in [1.82, 2.24) is 24.4 Å². The van der Waals surface area contributed by atoms with Gasteiger partial charge in [0.25, 0.3) is 5.56 Å². The quantitative estimate of drug-likeness (QED) is 0.458. The molecule has 2 aromatic carbocycles. The molecule has 4 aromatic rings. The first-order chi connectivity index (χ1) is 17.0. The average molecular weight is 495 g/mol. The molecule has 0 bridgehead atoms. The van der Waals surface area contributed by atoms with E-state index in [0.29, 0.717) is 65.4 Å². The number of para-hydroxylation sites is 2. The zero-order valence-electron chi connectivity index (χ0n) is 19.0. The zero-order valence-corrected chi connectivity index (χ0v) is 19.8. The minimum absolute atomic E-state index is 0.179. The number of ether oxygens (including phenoxy) is 1. The molecule has 1 aliphatic heterocycles. The Morgan fingerprint density at radius 3 is 2.69 bits per heavy atom. The third-order valence-corrected chi connectivity index (χ3v) is 6.72. The molecule has 0 atom stereocenters. The molecule has 11 heteroatoms. The molecule has 0 unspecified atom stereocenters. The highest BCUT2D eigenvalue weighted by Crippen LogP contribution is 2.25. The van der Waals surface area contributed by atoms with Crippen LogP contribution < -0.4 is 15.6 Å². The zero-order chi connectivity index (χ0) is 24.4. The number of aromatic nitrogens is 3. The van der Waals surface area contributed by atoms with Crippen molar-refractivity contribution in [3.8, 4) is 16.3 Å². The number of hydrogen-bond acceptors (Lipinski definition) is 7. The Morgan fingerprint density at radius 2 is 1.91 bits per heavy atom. The maximum absolute atomic E-state index is 13.6. The lowest BCUT2D eigenvalue weighted by molar-refractivity contribution is 0.142. The Balaban J connectivity index is 1.23. The number of nitrogens with one attached hydrogen (secondary N) is 1. The van der Waals surface area contributed by atoms with Gasteiger partial charge in [-0.15, -0.1) is 0 Å². The van der Waals surface area contributed by atoms with Crippen molar-refractivity contribution in [3.05, 3.63) is 76.5 Å². The first-order valence-corrected chi connectivity index (χ1v) is 11.9. The van der Waals surface area contributed by atoms with Crippen LogP contribution in [0, 0.1) is 5.82 Å². The van der Waals surface area contributed by atoms with Crippen molar-refractivity contribution in [1.29, 1.82) is 0 Å². The van der Waals surface area contributed by atoms with Crippen LogP contribution in [0.2, 0.25) is 0 Å². The molecule has 1 N–H and O–H groups in total. The number of piperazine rings is 1. The number of methoxy groups -OCH3 is 1. The van der Waals surface area contributed by atoms with Gasteiger partial charge in [0.05, 0.1) is 18.5 Å². The van der Waals surface area contributed by atoms with E-state index in [2.05, 4.69) is 20.3 Å². The van der Waals surface area contributed by atoms with Crippen molar-refractivity contribution in [2.24, 2.45) is 0 Å². The van der Waals surface area contributed by atoms with Gasteiger partial charge in [0, 0.05) is 44.4 Å². The fraction of sp³-hybridized carbons (Fsp3) is 0.250. The van der Waals surface area contributed by atoms with Crippen molar-refractivity contribution in [3.63, 3.8) is 0 Å². The third kappa shape index (κ3) is 5.00. The molecule has 5 rings (SSSR count). The first kappa shape index (κ1) is 22.9. The first-order valence-electron chi connectivity index (χ1n) is 11.1. The van der Waals surface area contributed by atoms with Gasteiger partial charge >= 0.3 is 6.03 Å². The molecular weight excluding hydrogens is 471 g/mol. The van der Waals surface area contributed by atoms with E-state index in [0.717, 1.165) is 0 Å². The Morgan fingerprint density at radius 1 is 1.11 bits per heavy atom. The molecule has 180 valence electrons. The monoisotopic (exact) mass is 494 g/mol. The summed E-state index contributed by atoms with van der Waals surface area (Å²) in [5.41, 5.74) is 1.58. The second-order valence-corrected chi connectivity index (χ2v) is 9.05. The van der Waals surface area contributed by atoms with E-state index >= 15 is 0 Å². The van der Waals surface area contributed by atoms with Crippen molar-refractivity contribution >= 4 is 28.0 Å². The molecule has 0 spiro atoms. The lowest BCUT2D eigenvalue weighted by Gasteiger charge is -2.34. The molecule has 1 saturated heterocycles. The number of urea groups is 1. The summed E-state index contributed by atoms with van der Waals surface area (Å²) in [4.78, 5) is 34.3. The van der Waals surface area contributed by atoms with Gasteiger partial charge in [-0.2, -0.15) is 9.61 Å². The highest BCUT2D eigenvalue weighted by molar-refractivity contribution is 7.19. The van der Waals surface area contributed by atoms with Gasteiger partial charge in [0.15, 0.2) is 0 Å². The van der Waals surface area contributed by atoms with E-state index in [1.807, 2.05) is 12.1 Å². The van der Waals surface area contributed by atoms with Gasteiger partial charge < -0.3 is 15.0 Å². The lowest BCUT2D eigenvalue weighted by atomic mass is 10.2. The van der Waals surface area contributed by atoms with Crippen molar-refractivity contribution < 1.29 is 13.9 Å². The van der Waals surface area contributed by atoms with Gasteiger partial charge in [-0.05, 0) is 24.3 Å². The van der Waals surface area contributed by atoms with Crippen LogP contribution in [0.3, 0.4) is 0 Å². The van der Waals surface area contributed by atoms with Gasteiger partial charge in [0.1, 0.15) is 16.6 Å². The van der Waals surface area contributed by atoms with E-state index in [1.165, 1.54) is 34.1 Å². The van der Waals surface area contributed by atoms with Crippen LogP contribution in [0.1, 0.15) is 5.69 Å². The van der Waals surface area contributed by atoms with E-state index < -0.39 is 0 Å². The largest absolute Gasteiger partial charge is 0.495 e. The molecule has 2 aromatic heterocycles. The molecule has 0 aliphatic carbocycles. The van der Waals surface area contributed by atoms with Crippen LogP contribution in [-0.2, 0) is 6.54 Å². The fourth-order valence-electron chi connectivity index (χ4n) is 3.96. The number of carbonyl (C=O) groups is 1. The Labute approximate surface area is 204 Å². The highest BCUT2D eigenvalue weighted by atomic mass is 32.1. The number of anilines is 1. The van der Waals surface area contributed by atoms with Crippen molar-refractivity contribution in [2.45, 2.75) is 6.54 Å². The normalized spacial score (nSPS) is 14.3. The van der Waals surface area contributed by atoms with Gasteiger partial charge in [-0.3, -0.25) is 9.69 Å². The summed E-state index contributed by atoms with van der Waals surface area (Å²) in [6.07, 6.45) is 0. The van der Waals surface area contributed by atoms with Crippen molar-refractivity contribution in [2.75, 3.05) is 38.6 Å². The average Bonchev–Trinajstić information content (AvgIpc) is 3.30. The van der Waals surface area contributed by atoms with Crippen LogP contribution in [-0.4, -0.2) is 63.7 Å². The standard InChI is InChI=1S/C24H23FN6O3S/c1-34-20-8-3-2-7-19(20)27-23(33)30-11-9-29(10-12-30)15-18-14-21(32)31-24(26-18)35-22(28-31)16-5-4-6-17(25)13-16/h2-8,13-14H,9-12,15H2,1H3,(H,27,33). The summed E-state index contributed by atoms with van der Waals surface area (Å²) < 4.78 is 20.1. The number of carbonyl (C=O) groups excluding carboxylic acids is 1. The lowest BCUT2D eigenvalue weighted by Crippen LogP contribution is -2.49. The van der Waals surface area contributed by atoms with Crippen LogP contribution in [0.5, 0.6) is 5.75 Å². The van der Waals surface area contributed by atoms with E-state index in [-0.39, 0.29) is 17.4 Å². The second kappa shape index (κ2) is 9.80. The summed E-state index contributed by atoms with van der Waals surface area (Å²) in [6, 6.07) is 14.7. The summed E-state index contributed by atoms with van der Waals surface area (Å²) in [5.74, 6) is 0.245. The minimum atomic E-state index is -0.363. The minimum Gasteiger partial charge on any atom is -0.495 e. The number of rotatable bonds is 5. The number of halogens is 1. The summed E-state index contributed by atoms with van der Waals surface area (Å²) >= 11 is 1.24. The molecule has 1 aliphatic rings. The molecule has 9 nitrogen and oxygen atoms in total. The van der Waals surface area contributed by atoms with Gasteiger partial charge in [0.2, 0.25) is 4.96 Å². The molecule has 3 heterocycles. The number of amides is 2. The van der Waals surface area contributed by atoms with Crippen LogP contribution in [0.25, 0.3) is 15.5 Å². The number of nitrogens with zero attached hydrogens (tertiary/aromatic N) is 5. The number of hydrogen-bond donors (Lipinski definition) is 1. The summed E-state index contributed by atoms with van der Waals surface area (Å²) in [6.45, 7) is 2.88. The van der Waals surface area contributed by atoms with Crippen LogP contribution >= 0.6 is 11.3 Å². The molecular formula is C24H23FN6O3S. The maximum Gasteiger partial charge on any atom is 0.322 e. The van der Waals surface area contributed by atoms with Crippen LogP contribution in [0.15, 0.2) is 59.4 Å². The molecule has 0 saturated carbocycles. The predicted molar refractivity (Wildman–Crippen MR) is 131 cm³/mol. The molecule has 35 heavy (non-hydrogen) atoms. The van der Waals surface area contributed by atoms with E-state index in [4.69, 9.17) is 4.74 Å². The number of benzene rings is 2. The SMILES string of the molecule is COc1ccccc1NC(=O)N1CCN(Cc2cc(=O)n3nc(-c4cccc(F)c4)sc3n2)CC1. The van der Waals surface area contributed by atoms with Gasteiger partial charge in [-0.1, -0.05) is 35.6 Å². The Hall–Kier alpha value is -3.83. The molecule has 1 fully saturated rings. The molecule has 2 amide bonds. The van der Waals surface area contributed by atoms with E-state index in [1.54, 1.807) is 36.3 Å². The van der Waals surface area contributed by atoms with Crippen LogP contribution in [0.4, 0.5) is 14.9 Å². The third-order valence-electron chi connectivity index (χ3n) is 5.76. The highest BCUT2D eigenvalue weighted by Gasteiger charge is 2.23. The summed E-state index contributed by atoms with van der Waals surface area (Å²) in [5, 5.41) is 7.74. The number of fused-ring (bicyclic) bond motifs is 1. The Kier molecular flexibility index (Phi) is 6.43. The Bertz CT molecular complexity index is 1430. The van der Waals surface area contributed by atoms with E-state index in [9.17, 15) is 14.0 Å². The topological polar surface area (TPSA) is 92.1 Å². The fourth-order valence-corrected chi connectivity index (χ4v) is 4.88. The second-order valence-electron chi connectivity index (χ2n) is 8.09. The summed E-state index contributed by atoms with van der Waals surface area (Å²) in [7, 11) is 1.56.